The Morgan fingerprint density at radius 1 is 1.44 bits per heavy atom. The lowest BCUT2D eigenvalue weighted by atomic mass is 10.6. The molecule has 1 rings (SSSR count). The quantitative estimate of drug-likeness (QED) is 0.443. The summed E-state index contributed by atoms with van der Waals surface area (Å²) < 4.78 is 0. The highest BCUT2D eigenvalue weighted by Gasteiger charge is 1.94. The van der Waals surface area contributed by atoms with Gasteiger partial charge in [-0.25, -0.2) is 4.98 Å². The highest BCUT2D eigenvalue weighted by molar-refractivity contribution is 7.80. The van der Waals surface area contributed by atoms with Gasteiger partial charge in [-0.05, 0) is 0 Å². The Hall–Kier alpha value is -0.970. The van der Waals surface area contributed by atoms with Crippen LogP contribution in [0.1, 0.15) is 0 Å². The molecule has 4 N–H and O–H groups in total. The van der Waals surface area contributed by atoms with E-state index in [1.54, 1.807) is 0 Å². The molecule has 5 heteroatoms. The molecular formula is C4H6N4S. The molecule has 0 radical (unpaired) electrons. The lowest BCUT2D eigenvalue weighted by Gasteiger charge is -1.95. The van der Waals surface area contributed by atoms with Crippen molar-refractivity contribution in [1.82, 2.24) is 9.97 Å². The van der Waals surface area contributed by atoms with Crippen LogP contribution in [0.15, 0.2) is 11.1 Å². The number of aromatic nitrogens is 2. The minimum Gasteiger partial charge on any atom is -0.383 e. The molecule has 0 unspecified atom stereocenters. The third kappa shape index (κ3) is 1.23. The summed E-state index contributed by atoms with van der Waals surface area (Å²) >= 11 is 3.94. The van der Waals surface area contributed by atoms with E-state index in [1.807, 2.05) is 0 Å². The Kier molecular flexibility index (Phi) is 1.44. The van der Waals surface area contributed by atoms with Crippen LogP contribution in [0.3, 0.4) is 0 Å². The lowest BCUT2D eigenvalue weighted by Crippen LogP contribution is -1.98. The Labute approximate surface area is 57.7 Å². The van der Waals surface area contributed by atoms with Crippen LogP contribution in [0.5, 0.6) is 0 Å². The molecule has 0 atom stereocenters. The molecule has 48 valence electrons. The number of hydrogen-bond donors (Lipinski definition) is 3. The molecule has 4 nitrogen and oxygen atoms in total. The number of nitrogens with two attached hydrogens (primary N) is 2. The maximum atomic E-state index is 5.31. The van der Waals surface area contributed by atoms with E-state index in [1.165, 1.54) is 6.20 Å². The zero-order valence-corrected chi connectivity index (χ0v) is 5.47. The van der Waals surface area contributed by atoms with E-state index in [0.29, 0.717) is 10.7 Å². The summed E-state index contributed by atoms with van der Waals surface area (Å²) in [6.45, 7) is 0. The van der Waals surface area contributed by atoms with Crippen molar-refractivity contribution in [3.63, 3.8) is 0 Å². The summed E-state index contributed by atoms with van der Waals surface area (Å²) in [4.78, 5) is 7.84. The van der Waals surface area contributed by atoms with E-state index in [-0.39, 0.29) is 5.95 Å². The van der Waals surface area contributed by atoms with Crippen LogP contribution in [0, 0.1) is 0 Å². The van der Waals surface area contributed by atoms with Gasteiger partial charge in [-0.2, -0.15) is 4.98 Å². The van der Waals surface area contributed by atoms with E-state index in [0.717, 1.165) is 0 Å². The van der Waals surface area contributed by atoms with E-state index >= 15 is 0 Å². The van der Waals surface area contributed by atoms with Gasteiger partial charge in [0.05, 0.1) is 4.90 Å². The molecule has 0 bridgehead atoms. The summed E-state index contributed by atoms with van der Waals surface area (Å²) in [6, 6.07) is 0. The van der Waals surface area contributed by atoms with Crippen molar-refractivity contribution < 1.29 is 0 Å². The number of thiol groups is 1. The monoisotopic (exact) mass is 142 g/mol. The van der Waals surface area contributed by atoms with E-state index in [2.05, 4.69) is 22.6 Å². The van der Waals surface area contributed by atoms with Crippen LogP contribution < -0.4 is 11.5 Å². The van der Waals surface area contributed by atoms with Crippen molar-refractivity contribution in [2.45, 2.75) is 4.90 Å². The molecule has 0 aromatic carbocycles. The molecule has 0 saturated heterocycles. The van der Waals surface area contributed by atoms with Crippen LogP contribution in [0.2, 0.25) is 0 Å². The molecule has 0 saturated carbocycles. The summed E-state index contributed by atoms with van der Waals surface area (Å²) in [6.07, 6.45) is 1.46. The Bertz CT molecular complexity index is 224. The summed E-state index contributed by atoms with van der Waals surface area (Å²) in [5.74, 6) is 0.483. The minimum absolute atomic E-state index is 0.172. The van der Waals surface area contributed by atoms with Crippen molar-refractivity contribution in [1.29, 1.82) is 0 Å². The fourth-order valence-electron chi connectivity index (χ4n) is 0.403. The van der Waals surface area contributed by atoms with Gasteiger partial charge in [-0.15, -0.1) is 12.6 Å². The van der Waals surface area contributed by atoms with Crippen LogP contribution in [0.25, 0.3) is 0 Å². The van der Waals surface area contributed by atoms with Gasteiger partial charge in [0.15, 0.2) is 0 Å². The van der Waals surface area contributed by atoms with Gasteiger partial charge in [-0.3, -0.25) is 0 Å². The van der Waals surface area contributed by atoms with E-state index < -0.39 is 0 Å². The fraction of sp³-hybridized carbons (Fsp3) is 0. The third-order valence-electron chi connectivity index (χ3n) is 0.817. The highest BCUT2D eigenvalue weighted by atomic mass is 32.1. The van der Waals surface area contributed by atoms with Crippen LogP contribution in [-0.4, -0.2) is 9.97 Å². The molecule has 0 aliphatic carbocycles. The molecule has 0 aliphatic rings. The van der Waals surface area contributed by atoms with Gasteiger partial charge in [0, 0.05) is 6.20 Å². The first-order valence-electron chi connectivity index (χ1n) is 2.27. The largest absolute Gasteiger partial charge is 0.383 e. The molecule has 0 fully saturated rings. The van der Waals surface area contributed by atoms with E-state index in [9.17, 15) is 0 Å². The Balaban J connectivity index is 3.17. The Morgan fingerprint density at radius 3 is 2.56 bits per heavy atom. The highest BCUT2D eigenvalue weighted by Crippen LogP contribution is 2.11. The number of hydrogen-bond acceptors (Lipinski definition) is 5. The van der Waals surface area contributed by atoms with E-state index in [4.69, 9.17) is 11.5 Å². The third-order valence-corrected chi connectivity index (χ3v) is 1.16. The fourth-order valence-corrected chi connectivity index (χ4v) is 0.511. The van der Waals surface area contributed by atoms with Gasteiger partial charge in [-0.1, -0.05) is 0 Å². The normalized spacial score (nSPS) is 9.44. The minimum atomic E-state index is 0.172. The van der Waals surface area contributed by atoms with Crippen molar-refractivity contribution in [3.05, 3.63) is 6.20 Å². The Morgan fingerprint density at radius 2 is 2.11 bits per heavy atom. The van der Waals surface area contributed by atoms with Gasteiger partial charge < -0.3 is 11.5 Å². The molecular weight excluding hydrogens is 136 g/mol. The topological polar surface area (TPSA) is 77.8 Å². The first-order valence-corrected chi connectivity index (χ1v) is 2.72. The van der Waals surface area contributed by atoms with Gasteiger partial charge in [0.1, 0.15) is 5.82 Å². The summed E-state index contributed by atoms with van der Waals surface area (Å²) in [5.41, 5.74) is 10.5. The van der Waals surface area contributed by atoms with Crippen molar-refractivity contribution in [3.8, 4) is 0 Å². The van der Waals surface area contributed by atoms with Crippen molar-refractivity contribution in [2.24, 2.45) is 0 Å². The molecule has 1 heterocycles. The maximum Gasteiger partial charge on any atom is 0.221 e. The number of nitrogens with zero attached hydrogens (tertiary/aromatic N) is 2. The summed E-state index contributed by atoms with van der Waals surface area (Å²) in [5, 5.41) is 0. The number of nitrogen functional groups attached to an aromatic ring is 2. The SMILES string of the molecule is Nc1ncc(S)c(N)n1. The predicted octanol–water partition coefficient (Wildman–Crippen LogP) is -0.0703. The van der Waals surface area contributed by atoms with Crippen LogP contribution in [-0.2, 0) is 0 Å². The average Bonchev–Trinajstić information content (AvgIpc) is 1.80. The zero-order valence-electron chi connectivity index (χ0n) is 4.57. The standard InChI is InChI=1S/C4H6N4S/c5-3-2(9)1-7-4(6)8-3/h1,9H,(H4,5,6,7,8). The number of anilines is 2. The van der Waals surface area contributed by atoms with Crippen molar-refractivity contribution >= 4 is 24.4 Å². The van der Waals surface area contributed by atoms with Crippen molar-refractivity contribution in [2.75, 3.05) is 11.5 Å². The molecule has 0 spiro atoms. The summed E-state index contributed by atoms with van der Waals surface area (Å²) in [7, 11) is 0. The van der Waals surface area contributed by atoms with Gasteiger partial charge in [0.2, 0.25) is 5.95 Å². The van der Waals surface area contributed by atoms with Crippen LogP contribution in [0.4, 0.5) is 11.8 Å². The number of rotatable bonds is 0. The second-order valence-electron chi connectivity index (χ2n) is 1.50. The second kappa shape index (κ2) is 2.10. The van der Waals surface area contributed by atoms with Crippen LogP contribution >= 0.6 is 12.6 Å². The molecule has 1 aromatic heterocycles. The van der Waals surface area contributed by atoms with Gasteiger partial charge >= 0.3 is 0 Å². The average molecular weight is 142 g/mol. The smallest absolute Gasteiger partial charge is 0.221 e. The molecule has 1 aromatic rings. The molecule has 0 aliphatic heterocycles. The predicted molar refractivity (Wildman–Crippen MR) is 38.1 cm³/mol. The maximum absolute atomic E-state index is 5.31. The lowest BCUT2D eigenvalue weighted by molar-refractivity contribution is 1.13. The first-order chi connectivity index (χ1) is 4.20. The van der Waals surface area contributed by atoms with Gasteiger partial charge in [0.25, 0.3) is 0 Å². The zero-order chi connectivity index (χ0) is 6.85. The molecule has 0 amide bonds. The molecule has 9 heavy (non-hydrogen) atoms. The second-order valence-corrected chi connectivity index (χ2v) is 1.98. The first kappa shape index (κ1) is 6.15.